The van der Waals surface area contributed by atoms with Crippen LogP contribution in [-0.2, 0) is 11.3 Å². The molecule has 2 saturated heterocycles. The van der Waals surface area contributed by atoms with Gasteiger partial charge in [-0.15, -0.1) is 0 Å². The van der Waals surface area contributed by atoms with Crippen LogP contribution in [0.15, 0.2) is 48.8 Å². The van der Waals surface area contributed by atoms with Crippen LogP contribution in [-0.4, -0.2) is 54.3 Å². The SMILES string of the molecule is c1ccc(CN2CCC[C@@]3(COCCN(c4ncccn4)C3)C2)cc1. The summed E-state index contributed by atoms with van der Waals surface area (Å²) >= 11 is 0. The van der Waals surface area contributed by atoms with Gasteiger partial charge in [0.2, 0.25) is 5.95 Å². The van der Waals surface area contributed by atoms with E-state index < -0.39 is 0 Å². The first-order valence-corrected chi connectivity index (χ1v) is 9.19. The molecule has 4 rings (SSSR count). The third-order valence-electron chi connectivity index (χ3n) is 5.26. The van der Waals surface area contributed by atoms with E-state index in [1.807, 2.05) is 18.5 Å². The summed E-state index contributed by atoms with van der Waals surface area (Å²) in [5.74, 6) is 0.826. The fraction of sp³-hybridized carbons (Fsp3) is 0.500. The average molecular weight is 338 g/mol. The van der Waals surface area contributed by atoms with E-state index in [2.05, 4.69) is 50.1 Å². The number of hydrogen-bond acceptors (Lipinski definition) is 5. The predicted octanol–water partition coefficient (Wildman–Crippen LogP) is 2.60. The second-order valence-electron chi connectivity index (χ2n) is 7.32. The van der Waals surface area contributed by atoms with Gasteiger partial charge in [-0.05, 0) is 31.0 Å². The van der Waals surface area contributed by atoms with Crippen molar-refractivity contribution in [1.29, 1.82) is 0 Å². The zero-order valence-corrected chi connectivity index (χ0v) is 14.7. The minimum atomic E-state index is 0.169. The number of ether oxygens (including phenoxy) is 1. The molecule has 1 aromatic carbocycles. The number of aromatic nitrogens is 2. The molecule has 0 amide bonds. The van der Waals surface area contributed by atoms with Crippen LogP contribution in [0.1, 0.15) is 18.4 Å². The van der Waals surface area contributed by atoms with Gasteiger partial charge in [-0.2, -0.15) is 0 Å². The first-order chi connectivity index (χ1) is 12.3. The molecule has 0 radical (unpaired) electrons. The largest absolute Gasteiger partial charge is 0.379 e. The number of benzene rings is 1. The number of piperidine rings is 1. The monoisotopic (exact) mass is 338 g/mol. The van der Waals surface area contributed by atoms with Crippen molar-refractivity contribution < 1.29 is 4.74 Å². The standard InChI is InChI=1S/C20H26N4O/c1-2-6-18(7-3-1)14-23-11-4-8-20(15-23)16-24(12-13-25-17-20)19-21-9-5-10-22-19/h1-3,5-7,9-10H,4,8,11-17H2/t20-/m1/s1. The summed E-state index contributed by atoms with van der Waals surface area (Å²) in [4.78, 5) is 13.8. The Balaban J connectivity index is 1.49. The van der Waals surface area contributed by atoms with Gasteiger partial charge in [-0.25, -0.2) is 9.97 Å². The highest BCUT2D eigenvalue weighted by Gasteiger charge is 2.39. The number of anilines is 1. The van der Waals surface area contributed by atoms with Gasteiger partial charge in [0, 0.05) is 44.0 Å². The second kappa shape index (κ2) is 7.50. The van der Waals surface area contributed by atoms with Gasteiger partial charge in [0.1, 0.15) is 0 Å². The summed E-state index contributed by atoms with van der Waals surface area (Å²) in [7, 11) is 0. The van der Waals surface area contributed by atoms with E-state index in [0.717, 1.165) is 45.3 Å². The average Bonchev–Trinajstić information content (AvgIpc) is 2.86. The molecule has 132 valence electrons. The normalized spacial score (nSPS) is 25.0. The van der Waals surface area contributed by atoms with E-state index in [1.54, 1.807) is 0 Å². The summed E-state index contributed by atoms with van der Waals surface area (Å²) in [6.45, 7) is 6.68. The van der Waals surface area contributed by atoms with Gasteiger partial charge in [0.25, 0.3) is 0 Å². The fourth-order valence-corrected chi connectivity index (χ4v) is 4.15. The van der Waals surface area contributed by atoms with Crippen molar-refractivity contribution >= 4 is 5.95 Å². The summed E-state index contributed by atoms with van der Waals surface area (Å²) in [5.41, 5.74) is 1.56. The van der Waals surface area contributed by atoms with Gasteiger partial charge >= 0.3 is 0 Å². The Morgan fingerprint density at radius 3 is 2.68 bits per heavy atom. The molecule has 0 unspecified atom stereocenters. The summed E-state index contributed by atoms with van der Waals surface area (Å²) in [5, 5.41) is 0. The van der Waals surface area contributed by atoms with Crippen LogP contribution < -0.4 is 4.90 Å². The van der Waals surface area contributed by atoms with Crippen molar-refractivity contribution in [2.75, 3.05) is 44.3 Å². The summed E-state index contributed by atoms with van der Waals surface area (Å²) in [6, 6.07) is 12.6. The van der Waals surface area contributed by atoms with Crippen molar-refractivity contribution in [3.63, 3.8) is 0 Å². The minimum Gasteiger partial charge on any atom is -0.379 e. The zero-order valence-electron chi connectivity index (χ0n) is 14.7. The topological polar surface area (TPSA) is 41.5 Å². The molecule has 25 heavy (non-hydrogen) atoms. The molecular formula is C20H26N4O. The molecule has 2 aromatic rings. The Morgan fingerprint density at radius 2 is 1.84 bits per heavy atom. The predicted molar refractivity (Wildman–Crippen MR) is 98.5 cm³/mol. The Labute approximate surface area is 149 Å². The Bertz CT molecular complexity index is 666. The molecule has 0 bridgehead atoms. The van der Waals surface area contributed by atoms with Crippen LogP contribution in [0.25, 0.3) is 0 Å². The van der Waals surface area contributed by atoms with Gasteiger partial charge < -0.3 is 9.64 Å². The minimum absolute atomic E-state index is 0.169. The third-order valence-corrected chi connectivity index (χ3v) is 5.26. The lowest BCUT2D eigenvalue weighted by Gasteiger charge is -2.43. The molecular weight excluding hydrogens is 312 g/mol. The van der Waals surface area contributed by atoms with Gasteiger partial charge in [0.05, 0.1) is 13.2 Å². The molecule has 2 fully saturated rings. The molecule has 5 nitrogen and oxygen atoms in total. The Hall–Kier alpha value is -1.98. The third kappa shape index (κ3) is 3.99. The Morgan fingerprint density at radius 1 is 1.00 bits per heavy atom. The van der Waals surface area contributed by atoms with E-state index in [9.17, 15) is 0 Å². The molecule has 1 atom stereocenters. The van der Waals surface area contributed by atoms with Crippen molar-refractivity contribution in [2.24, 2.45) is 5.41 Å². The van der Waals surface area contributed by atoms with E-state index in [-0.39, 0.29) is 5.41 Å². The quantitative estimate of drug-likeness (QED) is 0.860. The Kier molecular flexibility index (Phi) is 4.95. The van der Waals surface area contributed by atoms with Crippen molar-refractivity contribution in [3.8, 4) is 0 Å². The second-order valence-corrected chi connectivity index (χ2v) is 7.32. The molecule has 2 aliphatic heterocycles. The molecule has 0 aliphatic carbocycles. The lowest BCUT2D eigenvalue weighted by atomic mass is 9.80. The van der Waals surface area contributed by atoms with Crippen LogP contribution >= 0.6 is 0 Å². The van der Waals surface area contributed by atoms with Crippen LogP contribution in [0, 0.1) is 5.41 Å². The lowest BCUT2D eigenvalue weighted by Crippen LogP contribution is -2.50. The van der Waals surface area contributed by atoms with Gasteiger partial charge in [-0.1, -0.05) is 30.3 Å². The first-order valence-electron chi connectivity index (χ1n) is 9.19. The van der Waals surface area contributed by atoms with Crippen LogP contribution in [0.4, 0.5) is 5.95 Å². The van der Waals surface area contributed by atoms with E-state index in [0.29, 0.717) is 0 Å². The summed E-state index contributed by atoms with van der Waals surface area (Å²) in [6.07, 6.45) is 6.08. The molecule has 5 heteroatoms. The number of nitrogens with zero attached hydrogens (tertiary/aromatic N) is 4. The number of rotatable bonds is 3. The fourth-order valence-electron chi connectivity index (χ4n) is 4.15. The molecule has 0 N–H and O–H groups in total. The van der Waals surface area contributed by atoms with Crippen LogP contribution in [0.5, 0.6) is 0 Å². The van der Waals surface area contributed by atoms with Crippen LogP contribution in [0.3, 0.4) is 0 Å². The van der Waals surface area contributed by atoms with E-state index >= 15 is 0 Å². The molecule has 0 saturated carbocycles. The molecule has 2 aliphatic rings. The first kappa shape index (κ1) is 16.5. The van der Waals surface area contributed by atoms with Crippen molar-refractivity contribution in [1.82, 2.24) is 14.9 Å². The maximum Gasteiger partial charge on any atom is 0.225 e. The molecule has 1 spiro atoms. The van der Waals surface area contributed by atoms with E-state index in [1.165, 1.54) is 24.9 Å². The maximum absolute atomic E-state index is 6.01. The van der Waals surface area contributed by atoms with E-state index in [4.69, 9.17) is 4.74 Å². The summed E-state index contributed by atoms with van der Waals surface area (Å²) < 4.78 is 6.01. The lowest BCUT2D eigenvalue weighted by molar-refractivity contribution is 0.0106. The number of likely N-dealkylation sites (tertiary alicyclic amines) is 1. The highest BCUT2D eigenvalue weighted by Crippen LogP contribution is 2.34. The van der Waals surface area contributed by atoms with Crippen molar-refractivity contribution in [2.45, 2.75) is 19.4 Å². The number of hydrogen-bond donors (Lipinski definition) is 0. The smallest absolute Gasteiger partial charge is 0.225 e. The van der Waals surface area contributed by atoms with Crippen molar-refractivity contribution in [3.05, 3.63) is 54.4 Å². The zero-order chi connectivity index (χ0) is 17.0. The highest BCUT2D eigenvalue weighted by atomic mass is 16.5. The van der Waals surface area contributed by atoms with Gasteiger partial charge in [0.15, 0.2) is 0 Å². The maximum atomic E-state index is 6.01. The van der Waals surface area contributed by atoms with Crippen LogP contribution in [0.2, 0.25) is 0 Å². The highest BCUT2D eigenvalue weighted by molar-refractivity contribution is 5.29. The van der Waals surface area contributed by atoms with Gasteiger partial charge in [-0.3, -0.25) is 4.90 Å². The molecule has 1 aromatic heterocycles. The molecule has 3 heterocycles.